The summed E-state index contributed by atoms with van der Waals surface area (Å²) in [5, 5.41) is 3.13. The summed E-state index contributed by atoms with van der Waals surface area (Å²) in [5.74, 6) is 1.76. The number of hydrogen-bond acceptors (Lipinski definition) is 5. The summed E-state index contributed by atoms with van der Waals surface area (Å²) in [6, 6.07) is 13.0. The lowest BCUT2D eigenvalue weighted by Gasteiger charge is -2.24. The molecule has 1 amide bonds. The lowest BCUT2D eigenvalue weighted by molar-refractivity contribution is -0.119. The van der Waals surface area contributed by atoms with Crippen LogP contribution < -0.4 is 14.4 Å². The molecule has 0 aliphatic heterocycles. The fraction of sp³-hybridized carbons (Fsp3) is 0.381. The molecule has 0 aliphatic carbocycles. The van der Waals surface area contributed by atoms with E-state index < -0.39 is 10.0 Å². The number of nitrogens with one attached hydrogen (secondary N) is 1. The summed E-state index contributed by atoms with van der Waals surface area (Å²) in [6.07, 6.45) is 1.84. The first-order valence-corrected chi connectivity index (χ1v) is 12.8. The number of carbonyl (C=O) groups is 1. The van der Waals surface area contributed by atoms with Crippen molar-refractivity contribution in [1.29, 1.82) is 0 Å². The number of halogens is 1. The summed E-state index contributed by atoms with van der Waals surface area (Å²) in [7, 11) is -2.27. The highest BCUT2D eigenvalue weighted by Crippen LogP contribution is 2.32. The van der Waals surface area contributed by atoms with E-state index >= 15 is 0 Å². The van der Waals surface area contributed by atoms with Gasteiger partial charge in [-0.15, -0.1) is 0 Å². The van der Waals surface area contributed by atoms with Crippen LogP contribution in [0.2, 0.25) is 5.02 Å². The summed E-state index contributed by atoms with van der Waals surface area (Å²) in [6.45, 7) is 2.21. The summed E-state index contributed by atoms with van der Waals surface area (Å²) in [5.41, 5.74) is 2.76. The highest BCUT2D eigenvalue weighted by atomic mass is 35.5. The number of ether oxygens (including phenoxy) is 1. The Morgan fingerprint density at radius 1 is 1.23 bits per heavy atom. The van der Waals surface area contributed by atoms with Gasteiger partial charge >= 0.3 is 0 Å². The van der Waals surface area contributed by atoms with Crippen molar-refractivity contribution in [3.05, 3.63) is 58.6 Å². The Kier molecular flexibility index (Phi) is 9.33. The van der Waals surface area contributed by atoms with E-state index in [0.29, 0.717) is 17.3 Å². The molecular weight excluding hydrogens is 444 g/mol. The fourth-order valence-electron chi connectivity index (χ4n) is 2.82. The number of anilines is 1. The third-order valence-electron chi connectivity index (χ3n) is 4.24. The van der Waals surface area contributed by atoms with E-state index in [1.165, 1.54) is 24.3 Å². The molecule has 2 rings (SSSR count). The molecule has 6 nitrogen and oxygen atoms in total. The third-order valence-corrected chi connectivity index (χ3v) is 6.71. The van der Waals surface area contributed by atoms with Crippen molar-refractivity contribution in [2.75, 3.05) is 36.5 Å². The van der Waals surface area contributed by atoms with Crippen molar-refractivity contribution in [2.45, 2.75) is 19.1 Å². The topological polar surface area (TPSA) is 75.7 Å². The first-order valence-electron chi connectivity index (χ1n) is 9.42. The molecule has 0 radical (unpaired) electrons. The van der Waals surface area contributed by atoms with E-state index in [2.05, 4.69) is 30.4 Å². The molecule has 0 aromatic heterocycles. The van der Waals surface area contributed by atoms with Crippen molar-refractivity contribution in [3.8, 4) is 5.75 Å². The van der Waals surface area contributed by atoms with E-state index in [0.717, 1.165) is 28.5 Å². The van der Waals surface area contributed by atoms with Crippen LogP contribution in [0.15, 0.2) is 42.5 Å². The van der Waals surface area contributed by atoms with E-state index in [-0.39, 0.29) is 18.1 Å². The van der Waals surface area contributed by atoms with Crippen LogP contribution in [0.3, 0.4) is 0 Å². The van der Waals surface area contributed by atoms with Gasteiger partial charge < -0.3 is 10.1 Å². The van der Waals surface area contributed by atoms with Gasteiger partial charge in [0.05, 0.1) is 19.1 Å². The molecule has 9 heteroatoms. The molecular formula is C21H27ClN2O4S2. The molecule has 0 unspecified atom stereocenters. The van der Waals surface area contributed by atoms with E-state index in [9.17, 15) is 13.2 Å². The maximum absolute atomic E-state index is 12.4. The van der Waals surface area contributed by atoms with Crippen molar-refractivity contribution < 1.29 is 17.9 Å². The van der Waals surface area contributed by atoms with Crippen molar-refractivity contribution in [1.82, 2.24) is 5.32 Å². The molecule has 164 valence electrons. The van der Waals surface area contributed by atoms with Gasteiger partial charge in [-0.25, -0.2) is 8.42 Å². The number of sulfonamides is 1. The average molecular weight is 471 g/mol. The number of benzene rings is 2. The Morgan fingerprint density at radius 3 is 2.67 bits per heavy atom. The molecule has 0 atom stereocenters. The second-order valence-corrected chi connectivity index (χ2v) is 10.3. The van der Waals surface area contributed by atoms with Gasteiger partial charge in [0.1, 0.15) is 12.3 Å². The lowest BCUT2D eigenvalue weighted by atomic mass is 10.2. The largest absolute Gasteiger partial charge is 0.495 e. The molecule has 0 heterocycles. The Labute approximate surface area is 188 Å². The van der Waals surface area contributed by atoms with Gasteiger partial charge in [-0.3, -0.25) is 9.10 Å². The normalized spacial score (nSPS) is 11.2. The molecule has 2 aromatic carbocycles. The maximum atomic E-state index is 12.4. The van der Waals surface area contributed by atoms with Crippen LogP contribution in [0, 0.1) is 6.92 Å². The van der Waals surface area contributed by atoms with Gasteiger partial charge in [0.2, 0.25) is 15.9 Å². The number of carbonyl (C=O) groups excluding carboxylic acids is 1. The monoisotopic (exact) mass is 470 g/mol. The van der Waals surface area contributed by atoms with E-state index in [1.807, 2.05) is 6.07 Å². The van der Waals surface area contributed by atoms with Gasteiger partial charge in [0.25, 0.3) is 0 Å². The molecule has 0 saturated carbocycles. The highest BCUT2D eigenvalue weighted by Gasteiger charge is 2.24. The minimum Gasteiger partial charge on any atom is -0.495 e. The van der Waals surface area contributed by atoms with Crippen LogP contribution >= 0.6 is 23.4 Å². The zero-order valence-electron chi connectivity index (χ0n) is 17.4. The summed E-state index contributed by atoms with van der Waals surface area (Å²) >= 11 is 7.81. The Morgan fingerprint density at radius 2 is 2.00 bits per heavy atom. The second kappa shape index (κ2) is 11.5. The van der Waals surface area contributed by atoms with Crippen molar-refractivity contribution in [2.24, 2.45) is 0 Å². The molecule has 30 heavy (non-hydrogen) atoms. The number of nitrogens with zero attached hydrogens (tertiary/aromatic N) is 1. The SMILES string of the molecule is COc1ccc(Cl)cc1N(CC(=O)NCCCSCc1cccc(C)c1)S(C)(=O)=O. The van der Waals surface area contributed by atoms with Crippen LogP contribution in [0.5, 0.6) is 5.75 Å². The van der Waals surface area contributed by atoms with Crippen molar-refractivity contribution in [3.63, 3.8) is 0 Å². The number of rotatable bonds is 11. The number of amides is 1. The highest BCUT2D eigenvalue weighted by molar-refractivity contribution is 7.98. The first kappa shape index (κ1) is 24.4. The van der Waals surface area contributed by atoms with Crippen LogP contribution in [0.1, 0.15) is 17.5 Å². The smallest absolute Gasteiger partial charge is 0.240 e. The molecule has 1 N–H and O–H groups in total. The molecule has 0 saturated heterocycles. The minimum absolute atomic E-state index is 0.233. The van der Waals surface area contributed by atoms with Gasteiger partial charge in [-0.2, -0.15) is 11.8 Å². The fourth-order valence-corrected chi connectivity index (χ4v) is 4.75. The second-order valence-electron chi connectivity index (χ2n) is 6.83. The van der Waals surface area contributed by atoms with Gasteiger partial charge in [-0.1, -0.05) is 41.4 Å². The van der Waals surface area contributed by atoms with Crippen LogP contribution in [-0.2, 0) is 20.6 Å². The van der Waals surface area contributed by atoms with Gasteiger partial charge in [-0.05, 0) is 42.9 Å². The van der Waals surface area contributed by atoms with Crippen molar-refractivity contribution >= 4 is 45.0 Å². The van der Waals surface area contributed by atoms with E-state index in [1.54, 1.807) is 23.9 Å². The standard InChI is InChI=1S/C21H27ClN2O4S2/c1-16-6-4-7-17(12-16)15-29-11-5-10-23-21(25)14-24(30(3,26)27)19-13-18(22)8-9-20(19)28-2/h4,6-9,12-13H,5,10-11,14-15H2,1-3H3,(H,23,25). The van der Waals surface area contributed by atoms with Crippen LogP contribution in [-0.4, -0.2) is 46.5 Å². The predicted octanol–water partition coefficient (Wildman–Crippen LogP) is 3.86. The summed E-state index contributed by atoms with van der Waals surface area (Å²) in [4.78, 5) is 12.4. The zero-order valence-corrected chi connectivity index (χ0v) is 19.7. The molecule has 0 bridgehead atoms. The predicted molar refractivity (Wildman–Crippen MR) is 125 cm³/mol. The van der Waals surface area contributed by atoms with Crippen LogP contribution in [0.25, 0.3) is 0 Å². The molecule has 2 aromatic rings. The maximum Gasteiger partial charge on any atom is 0.240 e. The van der Waals surface area contributed by atoms with E-state index in [4.69, 9.17) is 16.3 Å². The number of methoxy groups -OCH3 is 1. The Hall–Kier alpha value is -1.90. The minimum atomic E-state index is -3.71. The number of thioether (sulfide) groups is 1. The molecule has 0 aliphatic rings. The van der Waals surface area contributed by atoms with Gasteiger partial charge in [0, 0.05) is 17.3 Å². The molecule has 0 fully saturated rings. The average Bonchev–Trinajstić information content (AvgIpc) is 2.68. The third kappa shape index (κ3) is 7.74. The number of aryl methyl sites for hydroxylation is 1. The molecule has 0 spiro atoms. The lowest BCUT2D eigenvalue weighted by Crippen LogP contribution is -2.40. The first-order chi connectivity index (χ1) is 14.2. The Bertz CT molecular complexity index is 967. The van der Waals surface area contributed by atoms with Gasteiger partial charge in [0.15, 0.2) is 0 Å². The number of hydrogen-bond donors (Lipinski definition) is 1. The summed E-state index contributed by atoms with van der Waals surface area (Å²) < 4.78 is 30.8. The Balaban J connectivity index is 1.85. The van der Waals surface area contributed by atoms with Crippen LogP contribution in [0.4, 0.5) is 5.69 Å². The quantitative estimate of drug-likeness (QED) is 0.504. The zero-order chi connectivity index (χ0) is 22.1.